The lowest BCUT2D eigenvalue weighted by atomic mass is 10.1. The minimum absolute atomic E-state index is 0.0817. The Hall–Kier alpha value is -2.69. The van der Waals surface area contributed by atoms with Crippen LogP contribution in [0.4, 0.5) is 5.69 Å². The molecule has 1 aromatic heterocycles. The molecule has 1 aromatic carbocycles. The van der Waals surface area contributed by atoms with Gasteiger partial charge in [0, 0.05) is 23.5 Å². The van der Waals surface area contributed by atoms with Gasteiger partial charge in [0.05, 0.1) is 0 Å². The molecule has 0 fully saturated rings. The van der Waals surface area contributed by atoms with Crippen molar-refractivity contribution >= 4 is 17.5 Å². The summed E-state index contributed by atoms with van der Waals surface area (Å²) < 4.78 is 0. The predicted molar refractivity (Wildman–Crippen MR) is 95.3 cm³/mol. The number of aryl methyl sites for hydroxylation is 2. The highest BCUT2D eigenvalue weighted by molar-refractivity contribution is 6.04. The minimum atomic E-state index is -0.335. The summed E-state index contributed by atoms with van der Waals surface area (Å²) in [6.07, 6.45) is 2.32. The van der Waals surface area contributed by atoms with E-state index < -0.39 is 0 Å². The monoisotopic (exact) mass is 325 g/mol. The van der Waals surface area contributed by atoms with Gasteiger partial charge in [-0.1, -0.05) is 13.0 Å². The van der Waals surface area contributed by atoms with Crippen molar-refractivity contribution in [2.45, 2.75) is 40.2 Å². The fourth-order valence-electron chi connectivity index (χ4n) is 2.35. The van der Waals surface area contributed by atoms with E-state index in [1.807, 2.05) is 45.9 Å². The van der Waals surface area contributed by atoms with Crippen LogP contribution in [0.5, 0.6) is 0 Å². The average Bonchev–Trinajstić information content (AvgIpc) is 2.53. The number of amides is 2. The van der Waals surface area contributed by atoms with Crippen molar-refractivity contribution in [3.8, 4) is 0 Å². The number of benzene rings is 1. The van der Waals surface area contributed by atoms with Gasteiger partial charge in [-0.05, 0) is 62.6 Å². The van der Waals surface area contributed by atoms with Crippen molar-refractivity contribution in [2.75, 3.05) is 5.32 Å². The van der Waals surface area contributed by atoms with Crippen LogP contribution < -0.4 is 10.6 Å². The van der Waals surface area contributed by atoms with Crippen molar-refractivity contribution < 1.29 is 9.59 Å². The predicted octanol–water partition coefficient (Wildman–Crippen LogP) is 3.48. The number of carbonyl (C=O) groups is 2. The molecule has 2 N–H and O–H groups in total. The third-order valence-electron chi connectivity index (χ3n) is 3.72. The lowest BCUT2D eigenvalue weighted by molar-refractivity contribution is 0.0939. The number of hydrogen-bond donors (Lipinski definition) is 2. The molecule has 2 aromatic rings. The Labute approximate surface area is 142 Å². The fourth-order valence-corrected chi connectivity index (χ4v) is 2.35. The number of aromatic nitrogens is 1. The van der Waals surface area contributed by atoms with E-state index in [1.54, 1.807) is 6.07 Å². The Balaban J connectivity index is 2.15. The van der Waals surface area contributed by atoms with Crippen molar-refractivity contribution in [3.63, 3.8) is 0 Å². The molecule has 0 radical (unpaired) electrons. The molecule has 5 heteroatoms. The molecule has 1 heterocycles. The van der Waals surface area contributed by atoms with Gasteiger partial charge < -0.3 is 10.6 Å². The first-order valence-electron chi connectivity index (χ1n) is 8.05. The molecular formula is C19H23N3O2. The summed E-state index contributed by atoms with van der Waals surface area (Å²) >= 11 is 0. The largest absolute Gasteiger partial charge is 0.350 e. The van der Waals surface area contributed by atoms with Crippen molar-refractivity contribution in [1.29, 1.82) is 0 Å². The van der Waals surface area contributed by atoms with Crippen LogP contribution in [0.1, 0.15) is 52.2 Å². The highest BCUT2D eigenvalue weighted by Crippen LogP contribution is 2.15. The Bertz CT molecular complexity index is 736. The third kappa shape index (κ3) is 4.65. The van der Waals surface area contributed by atoms with E-state index in [9.17, 15) is 9.59 Å². The van der Waals surface area contributed by atoms with Gasteiger partial charge in [0.25, 0.3) is 11.8 Å². The Morgan fingerprint density at radius 2 is 1.75 bits per heavy atom. The summed E-state index contributed by atoms with van der Waals surface area (Å²) in [4.78, 5) is 28.6. The van der Waals surface area contributed by atoms with Gasteiger partial charge in [-0.15, -0.1) is 0 Å². The van der Waals surface area contributed by atoms with Crippen LogP contribution in [-0.4, -0.2) is 22.8 Å². The first-order chi connectivity index (χ1) is 11.4. The smallest absolute Gasteiger partial charge is 0.274 e. The number of hydrogen-bond acceptors (Lipinski definition) is 3. The number of nitrogens with zero attached hydrogens (tertiary/aromatic N) is 1. The van der Waals surface area contributed by atoms with E-state index in [0.29, 0.717) is 11.3 Å². The zero-order chi connectivity index (χ0) is 17.7. The molecule has 126 valence electrons. The first-order valence-corrected chi connectivity index (χ1v) is 8.05. The van der Waals surface area contributed by atoms with E-state index in [-0.39, 0.29) is 23.6 Å². The summed E-state index contributed by atoms with van der Waals surface area (Å²) in [5, 5.41) is 5.70. The molecule has 24 heavy (non-hydrogen) atoms. The zero-order valence-corrected chi connectivity index (χ0v) is 14.5. The SMILES string of the molecule is CCC(C)NC(=O)c1ccnc(C(=O)Nc2cc(C)cc(C)c2)c1. The number of pyridine rings is 1. The molecule has 2 rings (SSSR count). The van der Waals surface area contributed by atoms with Crippen LogP contribution in [-0.2, 0) is 0 Å². The van der Waals surface area contributed by atoms with Crippen LogP contribution >= 0.6 is 0 Å². The van der Waals surface area contributed by atoms with Gasteiger partial charge in [0.2, 0.25) is 0 Å². The van der Waals surface area contributed by atoms with Gasteiger partial charge in [-0.25, -0.2) is 0 Å². The number of nitrogens with one attached hydrogen (secondary N) is 2. The standard InChI is InChI=1S/C19H23N3O2/c1-5-14(4)21-18(23)15-6-7-20-17(11-15)19(24)22-16-9-12(2)8-13(3)10-16/h6-11,14H,5H2,1-4H3,(H,21,23)(H,22,24). The van der Waals surface area contributed by atoms with Gasteiger partial charge >= 0.3 is 0 Å². The summed E-state index contributed by atoms with van der Waals surface area (Å²) in [5.74, 6) is -0.537. The molecule has 1 atom stereocenters. The zero-order valence-electron chi connectivity index (χ0n) is 14.5. The molecule has 0 aliphatic heterocycles. The van der Waals surface area contributed by atoms with Crippen LogP contribution in [0, 0.1) is 13.8 Å². The average molecular weight is 325 g/mol. The summed E-state index contributed by atoms with van der Waals surface area (Å²) in [7, 11) is 0. The van der Waals surface area contributed by atoms with E-state index in [2.05, 4.69) is 15.6 Å². The highest BCUT2D eigenvalue weighted by atomic mass is 16.2. The summed E-state index contributed by atoms with van der Waals surface area (Å²) in [5.41, 5.74) is 3.50. The van der Waals surface area contributed by atoms with Crippen LogP contribution in [0.2, 0.25) is 0 Å². The molecule has 0 saturated carbocycles. The van der Waals surface area contributed by atoms with Gasteiger partial charge in [0.1, 0.15) is 5.69 Å². The van der Waals surface area contributed by atoms with Gasteiger partial charge in [-0.2, -0.15) is 0 Å². The Morgan fingerprint density at radius 1 is 1.08 bits per heavy atom. The maximum atomic E-state index is 12.4. The molecule has 0 spiro atoms. The lowest BCUT2D eigenvalue weighted by Gasteiger charge is -2.12. The third-order valence-corrected chi connectivity index (χ3v) is 3.72. The maximum absolute atomic E-state index is 12.4. The molecule has 0 aliphatic carbocycles. The number of carbonyl (C=O) groups excluding carboxylic acids is 2. The highest BCUT2D eigenvalue weighted by Gasteiger charge is 2.13. The van der Waals surface area contributed by atoms with Crippen LogP contribution in [0.15, 0.2) is 36.5 Å². The first kappa shape index (κ1) is 17.7. The molecular weight excluding hydrogens is 302 g/mol. The van der Waals surface area contributed by atoms with Crippen LogP contribution in [0.25, 0.3) is 0 Å². The van der Waals surface area contributed by atoms with E-state index in [0.717, 1.165) is 17.5 Å². The molecule has 0 saturated heterocycles. The normalized spacial score (nSPS) is 11.7. The van der Waals surface area contributed by atoms with Gasteiger partial charge in [0.15, 0.2) is 0 Å². The van der Waals surface area contributed by atoms with Crippen LogP contribution in [0.3, 0.4) is 0 Å². The second-order valence-corrected chi connectivity index (χ2v) is 6.04. The maximum Gasteiger partial charge on any atom is 0.274 e. The lowest BCUT2D eigenvalue weighted by Crippen LogP contribution is -2.32. The summed E-state index contributed by atoms with van der Waals surface area (Å²) in [6.45, 7) is 7.88. The second-order valence-electron chi connectivity index (χ2n) is 6.04. The fraction of sp³-hybridized carbons (Fsp3) is 0.316. The quantitative estimate of drug-likeness (QED) is 0.884. The molecule has 2 amide bonds. The molecule has 0 aliphatic rings. The van der Waals surface area contributed by atoms with Gasteiger partial charge in [-0.3, -0.25) is 14.6 Å². The Kier molecular flexibility index (Phi) is 5.68. The topological polar surface area (TPSA) is 71.1 Å². The molecule has 0 bridgehead atoms. The van der Waals surface area contributed by atoms with E-state index >= 15 is 0 Å². The molecule has 1 unspecified atom stereocenters. The Morgan fingerprint density at radius 3 is 2.38 bits per heavy atom. The number of rotatable bonds is 5. The summed E-state index contributed by atoms with van der Waals surface area (Å²) in [6, 6.07) is 9.02. The van der Waals surface area contributed by atoms with Crippen molar-refractivity contribution in [2.24, 2.45) is 0 Å². The van der Waals surface area contributed by atoms with Crippen molar-refractivity contribution in [1.82, 2.24) is 10.3 Å². The second kappa shape index (κ2) is 7.73. The minimum Gasteiger partial charge on any atom is -0.350 e. The number of anilines is 1. The van der Waals surface area contributed by atoms with Crippen molar-refractivity contribution in [3.05, 3.63) is 58.9 Å². The molecule has 5 nitrogen and oxygen atoms in total. The van der Waals surface area contributed by atoms with E-state index in [4.69, 9.17) is 0 Å². The van der Waals surface area contributed by atoms with E-state index in [1.165, 1.54) is 12.3 Å².